The third kappa shape index (κ3) is 4.41. The fraction of sp³-hybridized carbons (Fsp3) is 0.357. The minimum absolute atomic E-state index is 0.964. The lowest BCUT2D eigenvalue weighted by molar-refractivity contribution is 0.568. The lowest BCUT2D eigenvalue weighted by Gasteiger charge is -2.05. The fourth-order valence-electron chi connectivity index (χ4n) is 1.79. The molecule has 0 aliphatic rings. The van der Waals surface area contributed by atoms with E-state index in [4.69, 9.17) is 0 Å². The number of aromatic nitrogens is 2. The maximum Gasteiger partial charge on any atom is 0.0945 e. The molecule has 0 saturated carbocycles. The van der Waals surface area contributed by atoms with Crippen molar-refractivity contribution in [3.63, 3.8) is 0 Å². The largest absolute Gasteiger partial charge is 0.337 e. The number of nitrogens with zero attached hydrogens (tertiary/aromatic N) is 2. The van der Waals surface area contributed by atoms with Crippen LogP contribution in [0.2, 0.25) is 0 Å². The minimum atomic E-state index is 0.964. The van der Waals surface area contributed by atoms with Crippen molar-refractivity contribution in [1.29, 1.82) is 0 Å². The summed E-state index contributed by atoms with van der Waals surface area (Å²) in [6.45, 7) is 3.10. The molecule has 0 amide bonds. The monoisotopic (exact) mass is 229 g/mol. The number of hydrogen-bond donors (Lipinski definition) is 1. The summed E-state index contributed by atoms with van der Waals surface area (Å²) >= 11 is 0. The molecule has 3 nitrogen and oxygen atoms in total. The Morgan fingerprint density at radius 2 is 2.00 bits per heavy atom. The molecule has 0 aliphatic heterocycles. The fourth-order valence-corrected chi connectivity index (χ4v) is 1.79. The Balaban J connectivity index is 1.52. The highest BCUT2D eigenvalue weighted by atomic mass is 15.0. The highest BCUT2D eigenvalue weighted by molar-refractivity contribution is 5.14. The predicted molar refractivity (Wildman–Crippen MR) is 69.6 cm³/mol. The number of unbranched alkanes of at least 4 members (excludes halogenated alkanes) is 1. The summed E-state index contributed by atoms with van der Waals surface area (Å²) < 4.78 is 2.12. The molecule has 1 heterocycles. The summed E-state index contributed by atoms with van der Waals surface area (Å²) in [7, 11) is 0. The standard InChI is InChI=1S/C14H19N3/c1-2-6-14(7-3-1)12-15-8-4-5-10-17-11-9-16-13-17/h1-3,6-7,9,11,13,15H,4-5,8,10,12H2. The van der Waals surface area contributed by atoms with E-state index < -0.39 is 0 Å². The van der Waals surface area contributed by atoms with Crippen molar-refractivity contribution in [2.45, 2.75) is 25.9 Å². The lowest BCUT2D eigenvalue weighted by atomic mass is 10.2. The Labute approximate surface area is 103 Å². The number of rotatable bonds is 7. The van der Waals surface area contributed by atoms with Gasteiger partial charge in [-0.05, 0) is 24.9 Å². The van der Waals surface area contributed by atoms with Crippen molar-refractivity contribution in [2.75, 3.05) is 6.54 Å². The lowest BCUT2D eigenvalue weighted by Crippen LogP contribution is -2.15. The van der Waals surface area contributed by atoms with Gasteiger partial charge in [0.25, 0.3) is 0 Å². The molecule has 90 valence electrons. The smallest absolute Gasteiger partial charge is 0.0945 e. The van der Waals surface area contributed by atoms with Crippen molar-refractivity contribution in [3.8, 4) is 0 Å². The number of imidazole rings is 1. The first-order chi connectivity index (χ1) is 8.45. The van der Waals surface area contributed by atoms with Crippen molar-refractivity contribution in [3.05, 3.63) is 54.6 Å². The first-order valence-electron chi connectivity index (χ1n) is 6.15. The number of nitrogens with one attached hydrogen (secondary N) is 1. The average Bonchev–Trinajstić information content (AvgIpc) is 2.88. The van der Waals surface area contributed by atoms with Crippen LogP contribution in [0.3, 0.4) is 0 Å². The van der Waals surface area contributed by atoms with E-state index in [2.05, 4.69) is 45.2 Å². The Morgan fingerprint density at radius 3 is 2.76 bits per heavy atom. The molecule has 3 heteroatoms. The van der Waals surface area contributed by atoms with Gasteiger partial charge in [-0.15, -0.1) is 0 Å². The first-order valence-corrected chi connectivity index (χ1v) is 6.15. The van der Waals surface area contributed by atoms with Gasteiger partial charge in [0.2, 0.25) is 0 Å². The van der Waals surface area contributed by atoms with Gasteiger partial charge in [0.15, 0.2) is 0 Å². The minimum Gasteiger partial charge on any atom is -0.337 e. The zero-order valence-electron chi connectivity index (χ0n) is 10.0. The van der Waals surface area contributed by atoms with E-state index in [1.165, 1.54) is 18.4 Å². The van der Waals surface area contributed by atoms with Gasteiger partial charge in [-0.25, -0.2) is 4.98 Å². The van der Waals surface area contributed by atoms with Gasteiger partial charge < -0.3 is 9.88 Å². The van der Waals surface area contributed by atoms with E-state index in [0.717, 1.165) is 19.6 Å². The molecule has 0 atom stereocenters. The summed E-state index contributed by atoms with van der Waals surface area (Å²) in [5.74, 6) is 0. The Morgan fingerprint density at radius 1 is 1.12 bits per heavy atom. The van der Waals surface area contributed by atoms with E-state index >= 15 is 0 Å². The molecule has 0 fully saturated rings. The molecular weight excluding hydrogens is 210 g/mol. The maximum atomic E-state index is 4.02. The molecule has 2 aromatic rings. The summed E-state index contributed by atoms with van der Waals surface area (Å²) in [5.41, 5.74) is 1.35. The summed E-state index contributed by atoms with van der Waals surface area (Å²) in [6.07, 6.45) is 8.10. The van der Waals surface area contributed by atoms with Gasteiger partial charge in [0, 0.05) is 25.5 Å². The van der Waals surface area contributed by atoms with Crippen LogP contribution in [0, 0.1) is 0 Å². The average molecular weight is 229 g/mol. The van der Waals surface area contributed by atoms with Crippen molar-refractivity contribution in [2.24, 2.45) is 0 Å². The number of benzene rings is 1. The van der Waals surface area contributed by atoms with Gasteiger partial charge >= 0.3 is 0 Å². The third-order valence-electron chi connectivity index (χ3n) is 2.75. The molecule has 1 aromatic carbocycles. The van der Waals surface area contributed by atoms with Crippen molar-refractivity contribution in [1.82, 2.24) is 14.9 Å². The molecule has 0 bridgehead atoms. The zero-order valence-corrected chi connectivity index (χ0v) is 10.0. The molecular formula is C14H19N3. The highest BCUT2D eigenvalue weighted by Gasteiger charge is 1.92. The second-order valence-electron chi connectivity index (χ2n) is 4.17. The Kier molecular flexibility index (Phi) is 4.79. The summed E-state index contributed by atoms with van der Waals surface area (Å²) in [6, 6.07) is 10.5. The Bertz CT molecular complexity index is 395. The summed E-state index contributed by atoms with van der Waals surface area (Å²) in [5, 5.41) is 3.46. The van der Waals surface area contributed by atoms with E-state index in [-0.39, 0.29) is 0 Å². The van der Waals surface area contributed by atoms with Crippen LogP contribution < -0.4 is 5.32 Å². The van der Waals surface area contributed by atoms with Crippen molar-refractivity contribution < 1.29 is 0 Å². The maximum absolute atomic E-state index is 4.02. The second kappa shape index (κ2) is 6.86. The molecule has 0 saturated heterocycles. The van der Waals surface area contributed by atoms with Gasteiger partial charge in [0.1, 0.15) is 0 Å². The molecule has 1 aromatic heterocycles. The van der Waals surface area contributed by atoms with Gasteiger partial charge in [-0.3, -0.25) is 0 Å². The van der Waals surface area contributed by atoms with Crippen LogP contribution in [0.1, 0.15) is 18.4 Å². The number of hydrogen-bond acceptors (Lipinski definition) is 2. The van der Waals surface area contributed by atoms with Gasteiger partial charge in [0.05, 0.1) is 6.33 Å². The molecule has 2 rings (SSSR count). The van der Waals surface area contributed by atoms with Crippen LogP contribution in [0.15, 0.2) is 49.1 Å². The predicted octanol–water partition coefficient (Wildman–Crippen LogP) is 2.45. The third-order valence-corrected chi connectivity index (χ3v) is 2.75. The summed E-state index contributed by atoms with van der Waals surface area (Å²) in [4.78, 5) is 4.02. The first kappa shape index (κ1) is 11.9. The van der Waals surface area contributed by atoms with Crippen molar-refractivity contribution >= 4 is 0 Å². The Hall–Kier alpha value is -1.61. The van der Waals surface area contributed by atoms with E-state index in [9.17, 15) is 0 Å². The molecule has 0 unspecified atom stereocenters. The van der Waals surface area contributed by atoms with E-state index in [1.54, 1.807) is 0 Å². The number of aryl methyl sites for hydroxylation is 1. The topological polar surface area (TPSA) is 29.9 Å². The quantitative estimate of drug-likeness (QED) is 0.739. The molecule has 1 N–H and O–H groups in total. The van der Waals surface area contributed by atoms with Crippen LogP contribution in [0.5, 0.6) is 0 Å². The van der Waals surface area contributed by atoms with Crippen LogP contribution in [-0.4, -0.2) is 16.1 Å². The molecule has 0 aliphatic carbocycles. The second-order valence-corrected chi connectivity index (χ2v) is 4.17. The van der Waals surface area contributed by atoms with Crippen LogP contribution in [-0.2, 0) is 13.1 Å². The van der Waals surface area contributed by atoms with Crippen LogP contribution in [0.25, 0.3) is 0 Å². The van der Waals surface area contributed by atoms with E-state index in [1.807, 2.05) is 18.7 Å². The SMILES string of the molecule is c1ccc(CNCCCCn2ccnc2)cc1. The van der Waals surface area contributed by atoms with Gasteiger partial charge in [-0.2, -0.15) is 0 Å². The highest BCUT2D eigenvalue weighted by Crippen LogP contribution is 1.98. The molecule has 17 heavy (non-hydrogen) atoms. The van der Waals surface area contributed by atoms with E-state index in [0.29, 0.717) is 0 Å². The zero-order chi connectivity index (χ0) is 11.8. The van der Waals surface area contributed by atoms with Gasteiger partial charge in [-0.1, -0.05) is 30.3 Å². The molecule has 0 spiro atoms. The van der Waals surface area contributed by atoms with Crippen LogP contribution in [0.4, 0.5) is 0 Å². The van der Waals surface area contributed by atoms with Crippen LogP contribution >= 0.6 is 0 Å². The molecule has 0 radical (unpaired) electrons. The normalized spacial score (nSPS) is 10.6.